The van der Waals surface area contributed by atoms with Gasteiger partial charge in [-0.05, 0) is 42.4 Å². The van der Waals surface area contributed by atoms with Gasteiger partial charge >= 0.3 is 0 Å². The van der Waals surface area contributed by atoms with Gasteiger partial charge in [-0.25, -0.2) is 4.98 Å². The summed E-state index contributed by atoms with van der Waals surface area (Å²) in [6.45, 7) is 2.69. The van der Waals surface area contributed by atoms with E-state index in [1.54, 1.807) is 6.33 Å². The number of imidazole rings is 1. The van der Waals surface area contributed by atoms with Crippen LogP contribution in [-0.4, -0.2) is 45.9 Å². The molecule has 0 aliphatic heterocycles. The van der Waals surface area contributed by atoms with Crippen molar-refractivity contribution in [3.8, 4) is 0 Å². The van der Waals surface area contributed by atoms with Gasteiger partial charge in [-0.1, -0.05) is 124 Å². The lowest BCUT2D eigenvalue weighted by atomic mass is 9.77. The zero-order chi connectivity index (χ0) is 34.2. The summed E-state index contributed by atoms with van der Waals surface area (Å²) in [7, 11) is 0. The molecule has 254 valence electrons. The molecule has 9 nitrogen and oxygen atoms in total. The smallest absolute Gasteiger partial charge is 0.240 e. The summed E-state index contributed by atoms with van der Waals surface area (Å²) in [4.78, 5) is 42.1. The Bertz CT molecular complexity index is 1460. The van der Waals surface area contributed by atoms with E-state index in [-0.39, 0.29) is 12.3 Å². The molecule has 0 aliphatic rings. The first-order valence-corrected chi connectivity index (χ1v) is 17.2. The maximum atomic E-state index is 13.1. The zero-order valence-electron chi connectivity index (χ0n) is 28.0. The first-order valence-electron chi connectivity index (χ1n) is 17.2. The van der Waals surface area contributed by atoms with Gasteiger partial charge in [-0.15, -0.1) is 0 Å². The summed E-state index contributed by atoms with van der Waals surface area (Å²) in [5.74, 6) is -1.03. The van der Waals surface area contributed by atoms with Crippen LogP contribution in [0.25, 0.3) is 0 Å². The molecule has 0 fully saturated rings. The van der Waals surface area contributed by atoms with E-state index in [1.807, 2.05) is 60.8 Å². The molecule has 0 bridgehead atoms. The second kappa shape index (κ2) is 18.5. The van der Waals surface area contributed by atoms with E-state index in [0.717, 1.165) is 36.0 Å². The summed E-state index contributed by atoms with van der Waals surface area (Å²) in [5, 5.41) is 5.67. The monoisotopic (exact) mass is 650 g/mol. The van der Waals surface area contributed by atoms with Crippen LogP contribution >= 0.6 is 0 Å². The van der Waals surface area contributed by atoms with Crippen LogP contribution in [-0.2, 0) is 26.3 Å². The highest BCUT2D eigenvalue weighted by molar-refractivity contribution is 5.89. The first kappa shape index (κ1) is 36.1. The van der Waals surface area contributed by atoms with Crippen LogP contribution in [0.1, 0.15) is 87.1 Å². The third-order valence-corrected chi connectivity index (χ3v) is 8.77. The average molecular weight is 651 g/mol. The van der Waals surface area contributed by atoms with Gasteiger partial charge in [-0.2, -0.15) is 0 Å². The third-order valence-electron chi connectivity index (χ3n) is 8.77. The van der Waals surface area contributed by atoms with Crippen LogP contribution in [0.2, 0.25) is 0 Å². The lowest BCUT2D eigenvalue weighted by Gasteiger charge is -2.37. The van der Waals surface area contributed by atoms with E-state index in [4.69, 9.17) is 11.5 Å². The number of rotatable bonds is 20. The molecule has 6 N–H and O–H groups in total. The lowest BCUT2D eigenvalue weighted by molar-refractivity contribution is -0.128. The maximum Gasteiger partial charge on any atom is 0.240 e. The van der Waals surface area contributed by atoms with Crippen molar-refractivity contribution in [2.45, 2.75) is 88.8 Å². The average Bonchev–Trinajstić information content (AvgIpc) is 3.57. The van der Waals surface area contributed by atoms with Crippen LogP contribution in [0.15, 0.2) is 104 Å². The molecule has 0 spiro atoms. The maximum absolute atomic E-state index is 13.1. The Morgan fingerprint density at radius 2 is 1.35 bits per heavy atom. The van der Waals surface area contributed by atoms with Crippen LogP contribution in [0, 0.1) is 0 Å². The molecule has 4 aromatic rings. The molecule has 1 heterocycles. The standard InChI is InChI=1S/C39H50N6O3/c1-2-3-4-5-15-25-36(46)42-26-17-16-24-35(37(41)47)44-38(48)34(40)27-33-28-45(29-43-33)39(30-18-9-6-10-19-30,31-20-11-7-12-21-31)32-22-13-8-14-23-32/h6-14,18-23,28-29,34-35H,2-5,15-17,24-27,40H2,1H3,(H2,41,47)(H,42,46)(H,44,48)/t34-,35+/m1/s1. The van der Waals surface area contributed by atoms with Crippen LogP contribution in [0.3, 0.4) is 0 Å². The summed E-state index contributed by atoms with van der Waals surface area (Å²) >= 11 is 0. The molecule has 3 amide bonds. The molecule has 3 aromatic carbocycles. The number of amides is 3. The van der Waals surface area contributed by atoms with Crippen molar-refractivity contribution in [2.75, 3.05) is 6.54 Å². The molecular weight excluding hydrogens is 600 g/mol. The Morgan fingerprint density at radius 3 is 1.90 bits per heavy atom. The van der Waals surface area contributed by atoms with Gasteiger partial charge in [0.25, 0.3) is 0 Å². The van der Waals surface area contributed by atoms with Gasteiger partial charge in [0, 0.05) is 25.6 Å². The molecule has 0 unspecified atom stereocenters. The normalized spacial score (nSPS) is 12.6. The number of nitrogens with one attached hydrogen (secondary N) is 2. The number of aromatic nitrogens is 2. The zero-order valence-corrected chi connectivity index (χ0v) is 28.0. The second-order valence-electron chi connectivity index (χ2n) is 12.4. The van der Waals surface area contributed by atoms with Gasteiger partial charge in [0.15, 0.2) is 0 Å². The fourth-order valence-electron chi connectivity index (χ4n) is 6.20. The molecule has 4 rings (SSSR count). The Morgan fingerprint density at radius 1 is 0.792 bits per heavy atom. The van der Waals surface area contributed by atoms with Crippen molar-refractivity contribution in [1.82, 2.24) is 20.2 Å². The molecule has 2 atom stereocenters. The Hall–Kier alpha value is -4.76. The Labute approximate surface area is 284 Å². The van der Waals surface area contributed by atoms with Crippen molar-refractivity contribution in [3.05, 3.63) is 126 Å². The van der Waals surface area contributed by atoms with Gasteiger partial charge in [0.1, 0.15) is 11.6 Å². The van der Waals surface area contributed by atoms with E-state index in [0.29, 0.717) is 37.9 Å². The molecule has 0 saturated carbocycles. The van der Waals surface area contributed by atoms with E-state index >= 15 is 0 Å². The highest BCUT2D eigenvalue weighted by Crippen LogP contribution is 2.40. The number of carbonyl (C=O) groups excluding carboxylic acids is 3. The predicted octanol–water partition coefficient (Wildman–Crippen LogP) is 5.21. The number of carbonyl (C=O) groups is 3. The number of primary amides is 1. The van der Waals surface area contributed by atoms with Crippen LogP contribution in [0.5, 0.6) is 0 Å². The minimum absolute atomic E-state index is 0.0493. The molecular formula is C39H50N6O3. The molecule has 9 heteroatoms. The summed E-state index contributed by atoms with van der Waals surface area (Å²) in [5.41, 5.74) is 15.1. The fourth-order valence-corrected chi connectivity index (χ4v) is 6.20. The third kappa shape index (κ3) is 9.64. The van der Waals surface area contributed by atoms with Crippen LogP contribution in [0.4, 0.5) is 0 Å². The van der Waals surface area contributed by atoms with Crippen molar-refractivity contribution in [2.24, 2.45) is 11.5 Å². The predicted molar refractivity (Wildman–Crippen MR) is 190 cm³/mol. The Kier molecular flexibility index (Phi) is 13.9. The van der Waals surface area contributed by atoms with Gasteiger partial charge in [0.05, 0.1) is 18.1 Å². The summed E-state index contributed by atoms with van der Waals surface area (Å²) in [6, 6.07) is 29.0. The number of benzene rings is 3. The number of hydrogen-bond acceptors (Lipinski definition) is 5. The van der Waals surface area contributed by atoms with E-state index in [1.165, 1.54) is 12.8 Å². The number of unbranched alkanes of at least 4 members (excludes halogenated alkanes) is 5. The number of nitrogens with zero attached hydrogens (tertiary/aromatic N) is 2. The highest BCUT2D eigenvalue weighted by atomic mass is 16.2. The largest absolute Gasteiger partial charge is 0.368 e. The Balaban J connectivity index is 1.39. The van der Waals surface area contributed by atoms with Gasteiger partial charge in [-0.3, -0.25) is 14.4 Å². The SMILES string of the molecule is CCCCCCCC(=O)NCCCC[C@H](NC(=O)[C@H](N)Cc1cn(C(c2ccccc2)(c2ccccc2)c2ccccc2)cn1)C(N)=O. The minimum Gasteiger partial charge on any atom is -0.368 e. The quantitative estimate of drug-likeness (QED) is 0.0767. The fraction of sp³-hybridized carbons (Fsp3) is 0.385. The van der Waals surface area contributed by atoms with Crippen molar-refractivity contribution >= 4 is 17.7 Å². The van der Waals surface area contributed by atoms with Crippen molar-refractivity contribution in [1.29, 1.82) is 0 Å². The minimum atomic E-state index is -0.939. The first-order chi connectivity index (χ1) is 23.4. The number of hydrogen-bond donors (Lipinski definition) is 4. The molecule has 0 aliphatic carbocycles. The molecule has 0 saturated heterocycles. The van der Waals surface area contributed by atoms with Crippen molar-refractivity contribution < 1.29 is 14.4 Å². The lowest BCUT2D eigenvalue weighted by Crippen LogP contribution is -2.51. The van der Waals surface area contributed by atoms with Crippen molar-refractivity contribution in [3.63, 3.8) is 0 Å². The van der Waals surface area contributed by atoms with Gasteiger partial charge in [0.2, 0.25) is 17.7 Å². The summed E-state index contributed by atoms with van der Waals surface area (Å²) < 4.78 is 2.07. The summed E-state index contributed by atoms with van der Waals surface area (Å²) in [6.07, 6.45) is 11.6. The van der Waals surface area contributed by atoms with E-state index in [9.17, 15) is 14.4 Å². The number of nitrogens with two attached hydrogens (primary N) is 2. The second-order valence-corrected chi connectivity index (χ2v) is 12.4. The molecule has 0 radical (unpaired) electrons. The van der Waals surface area contributed by atoms with Crippen LogP contribution < -0.4 is 22.1 Å². The van der Waals surface area contributed by atoms with E-state index < -0.39 is 29.4 Å². The highest BCUT2D eigenvalue weighted by Gasteiger charge is 2.38. The van der Waals surface area contributed by atoms with Gasteiger partial charge < -0.3 is 26.7 Å². The molecule has 1 aromatic heterocycles. The van der Waals surface area contributed by atoms with E-state index in [2.05, 4.69) is 63.5 Å². The topological polar surface area (TPSA) is 145 Å². The molecule has 48 heavy (non-hydrogen) atoms.